The number of anilines is 1. The summed E-state index contributed by atoms with van der Waals surface area (Å²) in [5.41, 5.74) is 1.28. The molecule has 0 bridgehead atoms. The number of carbonyl (C=O) groups is 1. The zero-order chi connectivity index (χ0) is 19.2. The molecule has 0 atom stereocenters. The van der Waals surface area contributed by atoms with Crippen LogP contribution in [0.1, 0.15) is 11.1 Å². The van der Waals surface area contributed by atoms with E-state index in [9.17, 15) is 14.7 Å². The molecule has 0 aliphatic heterocycles. The van der Waals surface area contributed by atoms with Crippen molar-refractivity contribution >= 4 is 35.0 Å². The van der Waals surface area contributed by atoms with Gasteiger partial charge in [0.25, 0.3) is 5.56 Å². The highest BCUT2D eigenvalue weighted by atomic mass is 35.5. The van der Waals surface area contributed by atoms with Crippen LogP contribution in [0, 0.1) is 0 Å². The molecule has 6 nitrogen and oxygen atoms in total. The molecular formula is C19H16ClN3O3S. The fraction of sp³-hybridized carbons (Fsp3) is 0.105. The third kappa shape index (κ3) is 5.35. The van der Waals surface area contributed by atoms with Crippen molar-refractivity contribution in [2.24, 2.45) is 0 Å². The molecule has 0 saturated carbocycles. The van der Waals surface area contributed by atoms with Crippen LogP contribution in [0.2, 0.25) is 5.02 Å². The van der Waals surface area contributed by atoms with Crippen LogP contribution in [0.3, 0.4) is 0 Å². The minimum Gasteiger partial charge on any atom is -0.493 e. The van der Waals surface area contributed by atoms with Gasteiger partial charge in [-0.1, -0.05) is 53.7 Å². The first kappa shape index (κ1) is 19.0. The maximum absolute atomic E-state index is 12.3. The molecule has 0 aliphatic rings. The largest absolute Gasteiger partial charge is 0.493 e. The number of aromatic nitrogens is 2. The SMILES string of the molecule is O=C(CSc1nc(O)c(Cc2ccccc2)c(=O)[nH]1)Nc1ccc(Cl)cc1. The quantitative estimate of drug-likeness (QED) is 0.434. The maximum atomic E-state index is 12.3. The molecule has 0 unspecified atom stereocenters. The Morgan fingerprint density at radius 3 is 2.52 bits per heavy atom. The first-order valence-electron chi connectivity index (χ1n) is 8.05. The summed E-state index contributed by atoms with van der Waals surface area (Å²) in [6.45, 7) is 0. The number of thioether (sulfide) groups is 1. The van der Waals surface area contributed by atoms with Crippen LogP contribution in [0.25, 0.3) is 0 Å². The summed E-state index contributed by atoms with van der Waals surface area (Å²) in [5.74, 6) is -0.565. The number of rotatable bonds is 6. The molecule has 0 saturated heterocycles. The van der Waals surface area contributed by atoms with Crippen LogP contribution in [-0.2, 0) is 11.2 Å². The second-order valence-electron chi connectivity index (χ2n) is 5.68. The highest BCUT2D eigenvalue weighted by Crippen LogP contribution is 2.19. The van der Waals surface area contributed by atoms with Gasteiger partial charge in [-0.05, 0) is 29.8 Å². The lowest BCUT2D eigenvalue weighted by Gasteiger charge is -2.07. The Labute approximate surface area is 164 Å². The number of hydrogen-bond acceptors (Lipinski definition) is 5. The van der Waals surface area contributed by atoms with Gasteiger partial charge in [-0.3, -0.25) is 9.59 Å². The van der Waals surface area contributed by atoms with E-state index in [1.807, 2.05) is 30.3 Å². The Hall–Kier alpha value is -2.77. The highest BCUT2D eigenvalue weighted by Gasteiger charge is 2.13. The zero-order valence-corrected chi connectivity index (χ0v) is 15.7. The van der Waals surface area contributed by atoms with Crippen molar-refractivity contribution in [3.8, 4) is 5.88 Å². The number of nitrogens with zero attached hydrogens (tertiary/aromatic N) is 1. The lowest BCUT2D eigenvalue weighted by Crippen LogP contribution is -2.17. The standard InChI is InChI=1S/C19H16ClN3O3S/c20-13-6-8-14(9-7-13)21-16(24)11-27-19-22-17(25)15(18(26)23-19)10-12-4-2-1-3-5-12/h1-9H,10-11H2,(H,21,24)(H2,22,23,25,26). The Bertz CT molecular complexity index is 991. The second kappa shape index (κ2) is 8.75. The number of aromatic amines is 1. The van der Waals surface area contributed by atoms with Gasteiger partial charge in [0.05, 0.1) is 11.3 Å². The van der Waals surface area contributed by atoms with E-state index in [0.29, 0.717) is 10.7 Å². The van der Waals surface area contributed by atoms with Gasteiger partial charge >= 0.3 is 0 Å². The summed E-state index contributed by atoms with van der Waals surface area (Å²) in [7, 11) is 0. The molecule has 27 heavy (non-hydrogen) atoms. The molecule has 138 valence electrons. The molecule has 1 amide bonds. The average molecular weight is 402 g/mol. The summed E-state index contributed by atoms with van der Waals surface area (Å²) in [4.78, 5) is 30.8. The molecule has 0 radical (unpaired) electrons. The molecule has 3 aromatic rings. The fourth-order valence-corrected chi connectivity index (χ4v) is 3.14. The first-order valence-corrected chi connectivity index (χ1v) is 9.42. The molecule has 3 rings (SSSR count). The summed E-state index contributed by atoms with van der Waals surface area (Å²) in [6, 6.07) is 16.0. The molecule has 2 aromatic carbocycles. The third-order valence-corrected chi connectivity index (χ3v) is 4.79. The van der Waals surface area contributed by atoms with E-state index < -0.39 is 5.56 Å². The summed E-state index contributed by atoms with van der Waals surface area (Å²) < 4.78 is 0. The molecular weight excluding hydrogens is 386 g/mol. The highest BCUT2D eigenvalue weighted by molar-refractivity contribution is 7.99. The normalized spacial score (nSPS) is 10.6. The van der Waals surface area contributed by atoms with Crippen LogP contribution in [0.5, 0.6) is 5.88 Å². The van der Waals surface area contributed by atoms with Crippen molar-refractivity contribution < 1.29 is 9.90 Å². The van der Waals surface area contributed by atoms with Gasteiger partial charge < -0.3 is 15.4 Å². The van der Waals surface area contributed by atoms with E-state index in [0.717, 1.165) is 17.3 Å². The van der Waals surface area contributed by atoms with Crippen molar-refractivity contribution in [1.82, 2.24) is 9.97 Å². The van der Waals surface area contributed by atoms with Gasteiger partial charge in [-0.2, -0.15) is 4.98 Å². The van der Waals surface area contributed by atoms with E-state index in [1.54, 1.807) is 24.3 Å². The molecule has 0 fully saturated rings. The second-order valence-corrected chi connectivity index (χ2v) is 7.08. The minimum atomic E-state index is -0.424. The molecule has 8 heteroatoms. The van der Waals surface area contributed by atoms with Crippen LogP contribution in [0.15, 0.2) is 64.5 Å². The van der Waals surface area contributed by atoms with Crippen LogP contribution in [0.4, 0.5) is 5.69 Å². The maximum Gasteiger partial charge on any atom is 0.258 e. The Balaban J connectivity index is 1.63. The van der Waals surface area contributed by atoms with Crippen LogP contribution in [-0.4, -0.2) is 26.7 Å². The zero-order valence-electron chi connectivity index (χ0n) is 14.1. The number of H-pyrrole nitrogens is 1. The summed E-state index contributed by atoms with van der Waals surface area (Å²) >= 11 is 6.83. The van der Waals surface area contributed by atoms with Gasteiger partial charge in [-0.25, -0.2) is 0 Å². The van der Waals surface area contributed by atoms with Crippen molar-refractivity contribution in [1.29, 1.82) is 0 Å². The molecule has 1 heterocycles. The number of amides is 1. The molecule has 3 N–H and O–H groups in total. The van der Waals surface area contributed by atoms with Crippen molar-refractivity contribution in [3.05, 3.63) is 81.1 Å². The average Bonchev–Trinajstić information content (AvgIpc) is 2.66. The van der Waals surface area contributed by atoms with Gasteiger partial charge in [0.15, 0.2) is 5.16 Å². The van der Waals surface area contributed by atoms with Gasteiger partial charge in [-0.15, -0.1) is 0 Å². The molecule has 1 aromatic heterocycles. The molecule has 0 spiro atoms. The van der Waals surface area contributed by atoms with E-state index >= 15 is 0 Å². The van der Waals surface area contributed by atoms with Crippen molar-refractivity contribution in [3.63, 3.8) is 0 Å². The fourth-order valence-electron chi connectivity index (χ4n) is 2.36. The van der Waals surface area contributed by atoms with Crippen molar-refractivity contribution in [2.45, 2.75) is 11.6 Å². The number of aromatic hydroxyl groups is 1. The Kier molecular flexibility index (Phi) is 6.16. The van der Waals surface area contributed by atoms with Crippen molar-refractivity contribution in [2.75, 3.05) is 11.1 Å². The number of nitrogens with one attached hydrogen (secondary N) is 2. The summed E-state index contributed by atoms with van der Waals surface area (Å²) in [5, 5.41) is 13.6. The Morgan fingerprint density at radius 2 is 1.85 bits per heavy atom. The predicted molar refractivity (Wildman–Crippen MR) is 107 cm³/mol. The number of halogens is 1. The smallest absolute Gasteiger partial charge is 0.258 e. The number of benzene rings is 2. The topological polar surface area (TPSA) is 95.1 Å². The van der Waals surface area contributed by atoms with Gasteiger partial charge in [0, 0.05) is 17.1 Å². The molecule has 0 aliphatic carbocycles. The lowest BCUT2D eigenvalue weighted by atomic mass is 10.1. The summed E-state index contributed by atoms with van der Waals surface area (Å²) in [6.07, 6.45) is 0.275. The first-order chi connectivity index (χ1) is 13.0. The minimum absolute atomic E-state index is 0.0308. The Morgan fingerprint density at radius 1 is 1.15 bits per heavy atom. The van der Waals surface area contributed by atoms with Crippen LogP contribution >= 0.6 is 23.4 Å². The van der Waals surface area contributed by atoms with E-state index in [4.69, 9.17) is 11.6 Å². The monoisotopic (exact) mass is 401 g/mol. The number of carbonyl (C=O) groups excluding carboxylic acids is 1. The van der Waals surface area contributed by atoms with E-state index in [-0.39, 0.29) is 34.7 Å². The number of hydrogen-bond donors (Lipinski definition) is 3. The predicted octanol–water partition coefficient (Wildman–Crippen LogP) is 3.45. The van der Waals surface area contributed by atoms with E-state index in [1.165, 1.54) is 0 Å². The van der Waals surface area contributed by atoms with E-state index in [2.05, 4.69) is 15.3 Å². The van der Waals surface area contributed by atoms with Crippen LogP contribution < -0.4 is 10.9 Å². The van der Waals surface area contributed by atoms with Gasteiger partial charge in [0.2, 0.25) is 11.8 Å². The lowest BCUT2D eigenvalue weighted by molar-refractivity contribution is -0.113. The third-order valence-electron chi connectivity index (χ3n) is 3.66. The van der Waals surface area contributed by atoms with Gasteiger partial charge in [0.1, 0.15) is 0 Å².